The van der Waals surface area contributed by atoms with Crippen LogP contribution in [0.5, 0.6) is 0 Å². The number of carbonyl (C=O) groups excluding carboxylic acids is 2. The number of amides is 2. The zero-order valence-electron chi connectivity index (χ0n) is 32.4. The molecule has 1 aromatic carbocycles. The van der Waals surface area contributed by atoms with Crippen LogP contribution < -0.4 is 26.0 Å². The molecule has 0 bridgehead atoms. The molecule has 8 rings (SSSR count). The first-order valence-corrected chi connectivity index (χ1v) is 19.2. The van der Waals surface area contributed by atoms with Crippen LogP contribution in [0.3, 0.4) is 0 Å². The van der Waals surface area contributed by atoms with Gasteiger partial charge >= 0.3 is 6.18 Å². The SMILES string of the molecule is C=CC(=O)Nc1cc(Nc2nc(-c3ccnc(N4CCCn5c(cc6c5CC(C)(C)C6)C4=O)c3C(F)(F)F)cn(C)c2=O)ccc1N1CCN(C2COC2)CC1C. The van der Waals surface area contributed by atoms with E-state index in [-0.39, 0.29) is 35.1 Å². The Morgan fingerprint density at radius 1 is 1.07 bits per heavy atom. The second-order valence-electron chi connectivity index (χ2n) is 16.2. The number of fused-ring (bicyclic) bond motifs is 3. The maximum atomic E-state index is 15.2. The molecule has 4 aromatic rings. The molecular formula is C41H46F3N9O4. The van der Waals surface area contributed by atoms with Crippen molar-refractivity contribution in [3.05, 3.63) is 88.2 Å². The third-order valence-corrected chi connectivity index (χ3v) is 11.5. The number of nitrogens with one attached hydrogen (secondary N) is 2. The van der Waals surface area contributed by atoms with Gasteiger partial charge in [0.15, 0.2) is 5.82 Å². The Morgan fingerprint density at radius 3 is 2.56 bits per heavy atom. The lowest BCUT2D eigenvalue weighted by molar-refractivity contribution is -0.136. The van der Waals surface area contributed by atoms with E-state index in [0.29, 0.717) is 42.6 Å². The molecule has 1 atom stereocenters. The maximum absolute atomic E-state index is 15.2. The molecule has 2 amide bonds. The summed E-state index contributed by atoms with van der Waals surface area (Å²) in [5.41, 5.74) is 1.92. The van der Waals surface area contributed by atoms with Gasteiger partial charge in [0.05, 0.1) is 36.3 Å². The summed E-state index contributed by atoms with van der Waals surface area (Å²) in [4.78, 5) is 54.5. The van der Waals surface area contributed by atoms with Gasteiger partial charge in [-0.05, 0) is 73.6 Å². The fraction of sp³-hybridized carbons (Fsp3) is 0.439. The number of piperazine rings is 1. The smallest absolute Gasteiger partial charge is 0.378 e. The number of halogens is 3. The lowest BCUT2D eigenvalue weighted by Crippen LogP contribution is -2.59. The predicted molar refractivity (Wildman–Crippen MR) is 211 cm³/mol. The van der Waals surface area contributed by atoms with Gasteiger partial charge in [-0.1, -0.05) is 20.4 Å². The van der Waals surface area contributed by atoms with E-state index in [0.717, 1.165) is 71.6 Å². The van der Waals surface area contributed by atoms with Crippen LogP contribution in [0.15, 0.2) is 60.2 Å². The highest BCUT2D eigenvalue weighted by Gasteiger charge is 2.43. The molecule has 300 valence electrons. The van der Waals surface area contributed by atoms with Crippen molar-refractivity contribution >= 4 is 40.5 Å². The highest BCUT2D eigenvalue weighted by Crippen LogP contribution is 2.44. The van der Waals surface area contributed by atoms with Crippen molar-refractivity contribution < 1.29 is 27.5 Å². The molecular weight excluding hydrogens is 740 g/mol. The molecule has 2 N–H and O–H groups in total. The maximum Gasteiger partial charge on any atom is 0.420 e. The van der Waals surface area contributed by atoms with E-state index in [1.165, 1.54) is 25.5 Å². The Hall–Kier alpha value is -5.48. The average molecular weight is 786 g/mol. The summed E-state index contributed by atoms with van der Waals surface area (Å²) in [7, 11) is 1.43. The summed E-state index contributed by atoms with van der Waals surface area (Å²) >= 11 is 0. The number of pyridine rings is 1. The number of carbonyl (C=O) groups is 2. The van der Waals surface area contributed by atoms with Gasteiger partial charge in [-0.3, -0.25) is 24.2 Å². The number of rotatable bonds is 8. The van der Waals surface area contributed by atoms with E-state index in [1.807, 2.05) is 16.7 Å². The molecule has 0 spiro atoms. The van der Waals surface area contributed by atoms with Crippen LogP contribution in [-0.4, -0.2) is 87.3 Å². The van der Waals surface area contributed by atoms with Crippen LogP contribution in [0.2, 0.25) is 0 Å². The van der Waals surface area contributed by atoms with Crippen molar-refractivity contribution in [2.24, 2.45) is 12.5 Å². The van der Waals surface area contributed by atoms with Crippen LogP contribution in [0.4, 0.5) is 41.9 Å². The van der Waals surface area contributed by atoms with Crippen molar-refractivity contribution in [2.45, 2.75) is 64.8 Å². The molecule has 2 saturated heterocycles. The molecule has 57 heavy (non-hydrogen) atoms. The first-order chi connectivity index (χ1) is 27.1. The predicted octanol–water partition coefficient (Wildman–Crippen LogP) is 5.62. The molecule has 3 aromatic heterocycles. The molecule has 1 aliphatic carbocycles. The van der Waals surface area contributed by atoms with Crippen LogP contribution >= 0.6 is 0 Å². The first kappa shape index (κ1) is 38.4. The van der Waals surface area contributed by atoms with E-state index in [4.69, 9.17) is 4.74 Å². The van der Waals surface area contributed by atoms with Crippen LogP contribution in [-0.2, 0) is 42.1 Å². The number of aryl methyl sites for hydroxylation is 1. The van der Waals surface area contributed by atoms with E-state index in [9.17, 15) is 14.4 Å². The summed E-state index contributed by atoms with van der Waals surface area (Å²) in [6, 6.07) is 8.75. The molecule has 6 heterocycles. The van der Waals surface area contributed by atoms with Crippen LogP contribution in [0, 0.1) is 5.41 Å². The normalized spacial score (nSPS) is 19.8. The van der Waals surface area contributed by atoms with E-state index in [1.54, 1.807) is 12.1 Å². The number of nitrogens with zero attached hydrogens (tertiary/aromatic N) is 7. The minimum absolute atomic E-state index is 0.0381. The average Bonchev–Trinajstić information content (AvgIpc) is 3.55. The second-order valence-corrected chi connectivity index (χ2v) is 16.2. The highest BCUT2D eigenvalue weighted by atomic mass is 19.4. The number of aromatic nitrogens is 4. The van der Waals surface area contributed by atoms with Gasteiger partial charge in [-0.15, -0.1) is 0 Å². The topological polar surface area (TPSA) is 130 Å². The number of hydrogen-bond acceptors (Lipinski definition) is 9. The summed E-state index contributed by atoms with van der Waals surface area (Å²) in [6.45, 7) is 14.3. The number of alkyl halides is 3. The molecule has 0 radical (unpaired) electrons. The Morgan fingerprint density at radius 2 is 1.86 bits per heavy atom. The molecule has 2 fully saturated rings. The van der Waals surface area contributed by atoms with Crippen LogP contribution in [0.1, 0.15) is 54.5 Å². The van der Waals surface area contributed by atoms with Gasteiger partial charge in [-0.2, -0.15) is 13.2 Å². The van der Waals surface area contributed by atoms with Gasteiger partial charge in [0, 0.05) is 75.2 Å². The quantitative estimate of drug-likeness (QED) is 0.219. The molecule has 4 aliphatic rings. The minimum Gasteiger partial charge on any atom is -0.378 e. The van der Waals surface area contributed by atoms with Crippen molar-refractivity contribution in [1.29, 1.82) is 0 Å². The summed E-state index contributed by atoms with van der Waals surface area (Å²) in [5.74, 6) is -1.72. The van der Waals surface area contributed by atoms with Crippen molar-refractivity contribution in [3.63, 3.8) is 0 Å². The molecule has 13 nitrogen and oxygen atoms in total. The second kappa shape index (κ2) is 14.5. The van der Waals surface area contributed by atoms with E-state index < -0.39 is 34.9 Å². The molecule has 1 unspecified atom stereocenters. The van der Waals surface area contributed by atoms with E-state index >= 15 is 13.2 Å². The number of hydrogen-bond donors (Lipinski definition) is 2. The van der Waals surface area contributed by atoms with Gasteiger partial charge in [0.1, 0.15) is 17.1 Å². The zero-order chi connectivity index (χ0) is 40.4. The molecule has 16 heteroatoms. The zero-order valence-corrected chi connectivity index (χ0v) is 32.4. The number of benzene rings is 1. The summed E-state index contributed by atoms with van der Waals surface area (Å²) in [5, 5.41) is 5.87. The summed E-state index contributed by atoms with van der Waals surface area (Å²) < 4.78 is 54.2. The third kappa shape index (κ3) is 7.20. The Kier molecular flexibility index (Phi) is 9.75. The number of ether oxygens (including phenoxy) is 1. The Bertz CT molecular complexity index is 2330. The van der Waals surface area contributed by atoms with E-state index in [2.05, 4.69) is 57.8 Å². The summed E-state index contributed by atoms with van der Waals surface area (Å²) in [6.07, 6.45) is 0.697. The van der Waals surface area contributed by atoms with Gasteiger partial charge in [0.25, 0.3) is 11.5 Å². The first-order valence-electron chi connectivity index (χ1n) is 19.2. The molecule has 3 aliphatic heterocycles. The Balaban J connectivity index is 1.13. The highest BCUT2D eigenvalue weighted by molar-refractivity contribution is 6.06. The standard InChI is InChI=1S/C41H46F3N9O4/c1-6-34(54)47-29-17-26(8-9-31(29)51-15-14-50(20-24(51)2)27-22-57-23-27)46-36-39(56)49(5)21-30(48-36)28-10-11-45-37(35(28)41(42,43)44)53-13-7-12-52-32(38(53)55)16-25-18-40(3,4)19-33(25)52/h6,8-11,16-17,21,24,27H,1,7,12-15,18-20,22-23H2,2-5H3,(H,46,48)(H,47,54). The fourth-order valence-electron chi connectivity index (χ4n) is 8.66. The van der Waals surface area contributed by atoms with Crippen LogP contribution in [0.25, 0.3) is 11.3 Å². The molecule has 0 saturated carbocycles. The lowest BCUT2D eigenvalue weighted by atomic mass is 9.90. The van der Waals surface area contributed by atoms with Crippen molar-refractivity contribution in [3.8, 4) is 11.3 Å². The third-order valence-electron chi connectivity index (χ3n) is 11.5. The fourth-order valence-corrected chi connectivity index (χ4v) is 8.66. The lowest BCUT2D eigenvalue weighted by Gasteiger charge is -2.46. The van der Waals surface area contributed by atoms with Gasteiger partial charge < -0.3 is 29.4 Å². The largest absolute Gasteiger partial charge is 0.420 e. The Labute approximate surface area is 328 Å². The minimum atomic E-state index is -4.94. The van der Waals surface area contributed by atoms with Crippen molar-refractivity contribution in [2.75, 3.05) is 59.8 Å². The van der Waals surface area contributed by atoms with Gasteiger partial charge in [-0.25, -0.2) is 9.97 Å². The monoisotopic (exact) mass is 785 g/mol. The number of anilines is 5. The van der Waals surface area contributed by atoms with Gasteiger partial charge in [0.2, 0.25) is 5.91 Å². The van der Waals surface area contributed by atoms with Crippen molar-refractivity contribution in [1.82, 2.24) is 24.0 Å².